The van der Waals surface area contributed by atoms with Gasteiger partial charge in [0.1, 0.15) is 0 Å². The van der Waals surface area contributed by atoms with E-state index in [0.29, 0.717) is 13.1 Å². The molecule has 0 spiro atoms. The second-order valence-electron chi connectivity index (χ2n) is 5.16. The molecule has 6 heteroatoms. The number of nitrogens with one attached hydrogen (secondary N) is 1. The van der Waals surface area contributed by atoms with Crippen LogP contribution in [0.5, 0.6) is 0 Å². The Hall–Kier alpha value is -2.11. The van der Waals surface area contributed by atoms with Crippen LogP contribution < -0.4 is 5.32 Å². The van der Waals surface area contributed by atoms with Crippen molar-refractivity contribution in [2.45, 2.75) is 25.8 Å². The molecule has 0 aliphatic carbocycles. The van der Waals surface area contributed by atoms with E-state index in [2.05, 4.69) is 10.3 Å². The number of hydrogen-bond donors (Lipinski definition) is 2. The van der Waals surface area contributed by atoms with Gasteiger partial charge < -0.3 is 15.3 Å². The average Bonchev–Trinajstić information content (AvgIpc) is 2.87. The summed E-state index contributed by atoms with van der Waals surface area (Å²) in [5.74, 6) is -0.743. The molecule has 1 saturated heterocycles. The SMILES string of the molecule is CC(NC(=O)N1CCC(CC(=O)O)C1)c1cccnc1. The number of pyridine rings is 1. The molecule has 20 heavy (non-hydrogen) atoms. The van der Waals surface area contributed by atoms with Gasteiger partial charge in [0.05, 0.1) is 6.04 Å². The normalized spacial score (nSPS) is 19.6. The average molecular weight is 277 g/mol. The molecule has 1 fully saturated rings. The lowest BCUT2D eigenvalue weighted by molar-refractivity contribution is -0.138. The van der Waals surface area contributed by atoms with Crippen molar-refractivity contribution in [2.24, 2.45) is 5.92 Å². The van der Waals surface area contributed by atoms with Crippen molar-refractivity contribution in [3.63, 3.8) is 0 Å². The smallest absolute Gasteiger partial charge is 0.317 e. The Labute approximate surface area is 117 Å². The van der Waals surface area contributed by atoms with Crippen LogP contribution in [-0.2, 0) is 4.79 Å². The van der Waals surface area contributed by atoms with Gasteiger partial charge in [0.15, 0.2) is 0 Å². The third-order valence-electron chi connectivity index (χ3n) is 3.56. The number of nitrogens with zero attached hydrogens (tertiary/aromatic N) is 2. The zero-order chi connectivity index (χ0) is 14.5. The summed E-state index contributed by atoms with van der Waals surface area (Å²) >= 11 is 0. The van der Waals surface area contributed by atoms with Gasteiger partial charge in [-0.15, -0.1) is 0 Å². The second-order valence-corrected chi connectivity index (χ2v) is 5.16. The van der Waals surface area contributed by atoms with Gasteiger partial charge in [0.2, 0.25) is 0 Å². The maximum Gasteiger partial charge on any atom is 0.317 e. The monoisotopic (exact) mass is 277 g/mol. The maximum atomic E-state index is 12.1. The molecule has 108 valence electrons. The number of likely N-dealkylation sites (tertiary alicyclic amines) is 1. The zero-order valence-corrected chi connectivity index (χ0v) is 11.5. The standard InChI is InChI=1S/C14H19N3O3/c1-10(12-3-2-5-15-8-12)16-14(20)17-6-4-11(9-17)7-13(18)19/h2-3,5,8,10-11H,4,6-7,9H2,1H3,(H,16,20)(H,18,19). The summed E-state index contributed by atoms with van der Waals surface area (Å²) in [5.41, 5.74) is 0.946. The van der Waals surface area contributed by atoms with E-state index in [9.17, 15) is 9.59 Å². The molecule has 0 aromatic carbocycles. The Kier molecular flexibility index (Phi) is 4.55. The number of rotatable bonds is 4. The largest absolute Gasteiger partial charge is 0.481 e. The molecular weight excluding hydrogens is 258 g/mol. The first-order valence-electron chi connectivity index (χ1n) is 6.73. The minimum absolute atomic E-state index is 0.0620. The van der Waals surface area contributed by atoms with Crippen molar-refractivity contribution in [2.75, 3.05) is 13.1 Å². The quantitative estimate of drug-likeness (QED) is 0.876. The van der Waals surface area contributed by atoms with E-state index < -0.39 is 5.97 Å². The zero-order valence-electron chi connectivity index (χ0n) is 11.5. The first-order valence-corrected chi connectivity index (χ1v) is 6.73. The van der Waals surface area contributed by atoms with Crippen LogP contribution >= 0.6 is 0 Å². The molecule has 6 nitrogen and oxygen atoms in total. The van der Waals surface area contributed by atoms with E-state index in [1.807, 2.05) is 19.1 Å². The summed E-state index contributed by atoms with van der Waals surface area (Å²) in [7, 11) is 0. The van der Waals surface area contributed by atoms with Gasteiger partial charge in [-0.25, -0.2) is 4.79 Å². The molecule has 0 bridgehead atoms. The molecule has 1 aromatic rings. The van der Waals surface area contributed by atoms with Crippen LogP contribution in [-0.4, -0.2) is 40.1 Å². The van der Waals surface area contributed by atoms with E-state index in [1.54, 1.807) is 17.3 Å². The van der Waals surface area contributed by atoms with E-state index >= 15 is 0 Å². The van der Waals surface area contributed by atoms with Gasteiger partial charge in [-0.1, -0.05) is 6.07 Å². The molecule has 1 aliphatic rings. The molecule has 2 rings (SSSR count). The van der Waals surface area contributed by atoms with E-state index in [1.165, 1.54) is 0 Å². The van der Waals surface area contributed by atoms with Gasteiger partial charge in [-0.05, 0) is 30.9 Å². The lowest BCUT2D eigenvalue weighted by atomic mass is 10.1. The number of amides is 2. The highest BCUT2D eigenvalue weighted by Crippen LogP contribution is 2.20. The van der Waals surface area contributed by atoms with Crippen LogP contribution in [0, 0.1) is 5.92 Å². The lowest BCUT2D eigenvalue weighted by Crippen LogP contribution is -2.39. The van der Waals surface area contributed by atoms with Crippen molar-refractivity contribution in [1.82, 2.24) is 15.2 Å². The molecule has 2 amide bonds. The van der Waals surface area contributed by atoms with Crippen molar-refractivity contribution < 1.29 is 14.7 Å². The summed E-state index contributed by atoms with van der Waals surface area (Å²) < 4.78 is 0. The lowest BCUT2D eigenvalue weighted by Gasteiger charge is -2.21. The number of aromatic nitrogens is 1. The van der Waals surface area contributed by atoms with E-state index in [-0.39, 0.29) is 24.4 Å². The van der Waals surface area contributed by atoms with Gasteiger partial charge in [-0.3, -0.25) is 9.78 Å². The number of carbonyl (C=O) groups excluding carboxylic acids is 1. The Morgan fingerprint density at radius 2 is 2.40 bits per heavy atom. The van der Waals surface area contributed by atoms with Crippen LogP contribution in [0.3, 0.4) is 0 Å². The summed E-state index contributed by atoms with van der Waals surface area (Å²) in [5, 5.41) is 11.7. The highest BCUT2D eigenvalue weighted by Gasteiger charge is 2.28. The van der Waals surface area contributed by atoms with Gasteiger partial charge in [0.25, 0.3) is 0 Å². The summed E-state index contributed by atoms with van der Waals surface area (Å²) in [6.07, 6.45) is 4.29. The number of urea groups is 1. The Morgan fingerprint density at radius 1 is 1.60 bits per heavy atom. The first kappa shape index (κ1) is 14.3. The number of carbonyl (C=O) groups is 2. The van der Waals surface area contributed by atoms with Crippen molar-refractivity contribution >= 4 is 12.0 Å². The Balaban J connectivity index is 1.85. The molecule has 0 saturated carbocycles. The summed E-state index contributed by atoms with van der Waals surface area (Å²) in [6.45, 7) is 3.03. The predicted octanol–water partition coefficient (Wildman–Crippen LogP) is 1.65. The number of carboxylic acids is 1. The van der Waals surface area contributed by atoms with Crippen LogP contribution in [0.4, 0.5) is 4.79 Å². The van der Waals surface area contributed by atoms with Crippen molar-refractivity contribution in [1.29, 1.82) is 0 Å². The Morgan fingerprint density at radius 3 is 3.05 bits per heavy atom. The second kappa shape index (κ2) is 6.36. The van der Waals surface area contributed by atoms with Crippen molar-refractivity contribution in [3.8, 4) is 0 Å². The predicted molar refractivity (Wildman–Crippen MR) is 73.1 cm³/mol. The van der Waals surface area contributed by atoms with Gasteiger partial charge in [-0.2, -0.15) is 0 Å². The fourth-order valence-electron chi connectivity index (χ4n) is 2.42. The highest BCUT2D eigenvalue weighted by molar-refractivity contribution is 5.75. The highest BCUT2D eigenvalue weighted by atomic mass is 16.4. The fraction of sp³-hybridized carbons (Fsp3) is 0.500. The molecule has 1 aliphatic heterocycles. The van der Waals surface area contributed by atoms with Crippen LogP contribution in [0.25, 0.3) is 0 Å². The third-order valence-corrected chi connectivity index (χ3v) is 3.56. The molecule has 2 unspecified atom stereocenters. The minimum Gasteiger partial charge on any atom is -0.481 e. The molecule has 2 N–H and O–H groups in total. The van der Waals surface area contributed by atoms with Gasteiger partial charge >= 0.3 is 12.0 Å². The van der Waals surface area contributed by atoms with E-state index in [0.717, 1.165) is 12.0 Å². The molecular formula is C14H19N3O3. The topological polar surface area (TPSA) is 82.5 Å². The van der Waals surface area contributed by atoms with Crippen LogP contribution in [0.1, 0.15) is 31.4 Å². The molecule has 0 radical (unpaired) electrons. The number of hydrogen-bond acceptors (Lipinski definition) is 3. The van der Waals surface area contributed by atoms with Crippen LogP contribution in [0.15, 0.2) is 24.5 Å². The van der Waals surface area contributed by atoms with Gasteiger partial charge in [0, 0.05) is 31.9 Å². The first-order chi connectivity index (χ1) is 9.56. The van der Waals surface area contributed by atoms with Crippen molar-refractivity contribution in [3.05, 3.63) is 30.1 Å². The minimum atomic E-state index is -0.805. The fourth-order valence-corrected chi connectivity index (χ4v) is 2.42. The van der Waals surface area contributed by atoms with Crippen LogP contribution in [0.2, 0.25) is 0 Å². The summed E-state index contributed by atoms with van der Waals surface area (Å²) in [4.78, 5) is 28.5. The molecule has 2 atom stereocenters. The maximum absolute atomic E-state index is 12.1. The molecule has 2 heterocycles. The molecule has 1 aromatic heterocycles. The third kappa shape index (κ3) is 3.69. The Bertz CT molecular complexity index is 478. The number of aliphatic carboxylic acids is 1. The summed E-state index contributed by atoms with van der Waals surface area (Å²) in [6, 6.07) is 3.48. The van der Waals surface area contributed by atoms with E-state index in [4.69, 9.17) is 5.11 Å². The number of carboxylic acid groups (broad SMARTS) is 1.